The molecule has 4 rings (SSSR count). The van der Waals surface area contributed by atoms with Crippen molar-refractivity contribution in [2.24, 2.45) is 5.92 Å². The van der Waals surface area contributed by atoms with Crippen molar-refractivity contribution in [2.45, 2.75) is 19.7 Å². The Morgan fingerprint density at radius 1 is 1.14 bits per heavy atom. The average molecular weight is 413 g/mol. The van der Waals surface area contributed by atoms with E-state index in [1.165, 1.54) is 0 Å². The molecule has 0 unspecified atom stereocenters. The molecule has 1 saturated heterocycles. The zero-order valence-electron chi connectivity index (χ0n) is 15.3. The Morgan fingerprint density at radius 3 is 2.72 bits per heavy atom. The molecule has 0 aliphatic carbocycles. The number of carbonyl (C=O) groups excluding carboxylic acids is 2. The molecule has 1 aliphatic rings. The fourth-order valence-corrected chi connectivity index (χ4v) is 3.46. The van der Waals surface area contributed by atoms with Gasteiger partial charge in [-0.05, 0) is 23.8 Å². The van der Waals surface area contributed by atoms with Crippen LogP contribution in [0.3, 0.4) is 0 Å². The standard InChI is InChI=1S/C20H17ClN4O4/c21-16-7-3-1-5-13(16)10-24-11-14(9-18(24)26)20(28)29-12-25-19(27)15-6-2-4-8-17(15)22-23-25/h1-8,14H,9-12H2/t14-/m1/s1. The van der Waals surface area contributed by atoms with Crippen LogP contribution in [0.1, 0.15) is 12.0 Å². The van der Waals surface area contributed by atoms with Crippen LogP contribution in [0.2, 0.25) is 5.02 Å². The lowest BCUT2D eigenvalue weighted by Gasteiger charge is -2.17. The molecule has 2 aromatic carbocycles. The highest BCUT2D eigenvalue weighted by molar-refractivity contribution is 6.31. The van der Waals surface area contributed by atoms with Gasteiger partial charge in [-0.15, -0.1) is 5.10 Å². The molecule has 1 aliphatic heterocycles. The lowest BCUT2D eigenvalue weighted by Crippen LogP contribution is -2.29. The molecular weight excluding hydrogens is 396 g/mol. The number of benzene rings is 2. The van der Waals surface area contributed by atoms with Gasteiger partial charge < -0.3 is 9.64 Å². The number of esters is 1. The lowest BCUT2D eigenvalue weighted by molar-refractivity contribution is -0.152. The summed E-state index contributed by atoms with van der Waals surface area (Å²) >= 11 is 6.15. The summed E-state index contributed by atoms with van der Waals surface area (Å²) in [6.07, 6.45) is 0.0571. The quantitative estimate of drug-likeness (QED) is 0.595. The van der Waals surface area contributed by atoms with Gasteiger partial charge in [0.1, 0.15) is 5.52 Å². The Kier molecular flexibility index (Phi) is 5.26. The molecule has 148 valence electrons. The van der Waals surface area contributed by atoms with E-state index in [9.17, 15) is 14.4 Å². The Hall–Kier alpha value is -3.26. The van der Waals surface area contributed by atoms with Crippen molar-refractivity contribution in [3.05, 3.63) is 69.5 Å². The minimum Gasteiger partial charge on any atom is -0.442 e. The first kappa shape index (κ1) is 19.1. The first-order valence-electron chi connectivity index (χ1n) is 9.03. The van der Waals surface area contributed by atoms with Crippen LogP contribution in [0.4, 0.5) is 0 Å². The summed E-state index contributed by atoms with van der Waals surface area (Å²) in [6.45, 7) is 0.212. The molecule has 8 nitrogen and oxygen atoms in total. The highest BCUT2D eigenvalue weighted by atomic mass is 35.5. The van der Waals surface area contributed by atoms with Crippen molar-refractivity contribution in [3.8, 4) is 0 Å². The number of likely N-dealkylation sites (tertiary alicyclic amines) is 1. The topological polar surface area (TPSA) is 94.4 Å². The van der Waals surface area contributed by atoms with Crippen LogP contribution in [0, 0.1) is 5.92 Å². The molecule has 0 N–H and O–H groups in total. The highest BCUT2D eigenvalue weighted by Crippen LogP contribution is 2.24. The number of rotatable bonds is 5. The largest absolute Gasteiger partial charge is 0.442 e. The molecule has 0 bridgehead atoms. The van der Waals surface area contributed by atoms with E-state index < -0.39 is 17.4 Å². The zero-order chi connectivity index (χ0) is 20.4. The summed E-state index contributed by atoms with van der Waals surface area (Å²) in [5.74, 6) is -1.30. The maximum atomic E-state index is 12.4. The zero-order valence-corrected chi connectivity index (χ0v) is 16.1. The molecule has 0 radical (unpaired) electrons. The summed E-state index contributed by atoms with van der Waals surface area (Å²) in [5.41, 5.74) is 0.887. The SMILES string of the molecule is O=C(OCn1nnc2ccccc2c1=O)[C@@H]1CC(=O)N(Cc2ccccc2Cl)C1. The predicted octanol–water partition coefficient (Wildman–Crippen LogP) is 1.99. The molecule has 0 saturated carbocycles. The molecule has 29 heavy (non-hydrogen) atoms. The van der Waals surface area contributed by atoms with Crippen LogP contribution < -0.4 is 5.56 Å². The first-order valence-corrected chi connectivity index (χ1v) is 9.41. The number of halogens is 1. The molecule has 1 atom stereocenters. The van der Waals surface area contributed by atoms with Crippen molar-refractivity contribution < 1.29 is 14.3 Å². The van der Waals surface area contributed by atoms with Gasteiger partial charge in [0, 0.05) is 24.5 Å². The van der Waals surface area contributed by atoms with E-state index in [1.54, 1.807) is 35.2 Å². The van der Waals surface area contributed by atoms with Gasteiger partial charge >= 0.3 is 5.97 Å². The van der Waals surface area contributed by atoms with E-state index >= 15 is 0 Å². The second kappa shape index (κ2) is 8.00. The number of amides is 1. The monoisotopic (exact) mass is 412 g/mol. The van der Waals surface area contributed by atoms with E-state index in [2.05, 4.69) is 10.3 Å². The summed E-state index contributed by atoms with van der Waals surface area (Å²) in [6, 6.07) is 14.0. The van der Waals surface area contributed by atoms with E-state index in [-0.39, 0.29) is 25.6 Å². The number of ether oxygens (including phenoxy) is 1. The molecular formula is C20H17ClN4O4. The van der Waals surface area contributed by atoms with Crippen LogP contribution in [0.15, 0.2) is 53.3 Å². The second-order valence-electron chi connectivity index (χ2n) is 6.77. The van der Waals surface area contributed by atoms with Crippen molar-refractivity contribution in [1.29, 1.82) is 0 Å². The average Bonchev–Trinajstić information content (AvgIpc) is 3.10. The predicted molar refractivity (Wildman–Crippen MR) is 105 cm³/mol. The maximum absolute atomic E-state index is 12.4. The van der Waals surface area contributed by atoms with E-state index in [4.69, 9.17) is 16.3 Å². The number of carbonyl (C=O) groups is 2. The van der Waals surface area contributed by atoms with Gasteiger partial charge in [0.15, 0.2) is 6.73 Å². The second-order valence-corrected chi connectivity index (χ2v) is 7.18. The summed E-state index contributed by atoms with van der Waals surface area (Å²) in [7, 11) is 0. The number of hydrogen-bond donors (Lipinski definition) is 0. The van der Waals surface area contributed by atoms with Crippen LogP contribution >= 0.6 is 11.6 Å². The van der Waals surface area contributed by atoms with Gasteiger partial charge in [0.05, 0.1) is 11.3 Å². The van der Waals surface area contributed by atoms with E-state index in [0.29, 0.717) is 22.5 Å². The third-order valence-electron chi connectivity index (χ3n) is 4.83. The molecule has 1 aromatic heterocycles. The van der Waals surface area contributed by atoms with Crippen LogP contribution in [0.5, 0.6) is 0 Å². The smallest absolute Gasteiger partial charge is 0.313 e. The Bertz CT molecular complexity index is 1150. The van der Waals surface area contributed by atoms with Crippen LogP contribution in [-0.2, 0) is 27.6 Å². The van der Waals surface area contributed by atoms with Gasteiger partial charge in [-0.1, -0.05) is 47.1 Å². The normalized spacial score (nSPS) is 16.4. The van der Waals surface area contributed by atoms with Gasteiger partial charge in [0.2, 0.25) is 5.91 Å². The van der Waals surface area contributed by atoms with Gasteiger partial charge in [0.25, 0.3) is 5.56 Å². The third kappa shape index (κ3) is 3.97. The van der Waals surface area contributed by atoms with Crippen LogP contribution in [-0.4, -0.2) is 38.3 Å². The number of fused-ring (bicyclic) bond motifs is 1. The molecule has 1 fully saturated rings. The third-order valence-corrected chi connectivity index (χ3v) is 5.19. The molecule has 1 amide bonds. The highest BCUT2D eigenvalue weighted by Gasteiger charge is 2.35. The van der Waals surface area contributed by atoms with Crippen molar-refractivity contribution in [1.82, 2.24) is 19.9 Å². The number of nitrogens with zero attached hydrogens (tertiary/aromatic N) is 4. The van der Waals surface area contributed by atoms with Crippen molar-refractivity contribution in [2.75, 3.05) is 6.54 Å². The molecule has 2 heterocycles. The maximum Gasteiger partial charge on any atom is 0.313 e. The van der Waals surface area contributed by atoms with Crippen LogP contribution in [0.25, 0.3) is 10.9 Å². The summed E-state index contributed by atoms with van der Waals surface area (Å²) in [5, 5.41) is 8.69. The van der Waals surface area contributed by atoms with Gasteiger partial charge in [-0.3, -0.25) is 14.4 Å². The first-order chi connectivity index (χ1) is 14.0. The lowest BCUT2D eigenvalue weighted by atomic mass is 10.1. The summed E-state index contributed by atoms with van der Waals surface area (Å²) < 4.78 is 6.21. The Labute approximate surface area is 170 Å². The van der Waals surface area contributed by atoms with Gasteiger partial charge in [-0.2, -0.15) is 4.68 Å². The fourth-order valence-electron chi connectivity index (χ4n) is 3.27. The molecule has 0 spiro atoms. The van der Waals surface area contributed by atoms with Crippen molar-refractivity contribution >= 4 is 34.4 Å². The number of hydrogen-bond acceptors (Lipinski definition) is 6. The minimum absolute atomic E-state index is 0.0571. The molecule has 9 heteroatoms. The fraction of sp³-hybridized carbons (Fsp3) is 0.250. The molecule has 3 aromatic rings. The number of aromatic nitrogens is 3. The Morgan fingerprint density at radius 2 is 1.90 bits per heavy atom. The van der Waals surface area contributed by atoms with Gasteiger partial charge in [-0.25, -0.2) is 0 Å². The Balaban J connectivity index is 1.39. The summed E-state index contributed by atoms with van der Waals surface area (Å²) in [4.78, 5) is 38.7. The van der Waals surface area contributed by atoms with E-state index in [0.717, 1.165) is 10.2 Å². The minimum atomic E-state index is -0.603. The van der Waals surface area contributed by atoms with E-state index in [1.807, 2.05) is 18.2 Å². The van der Waals surface area contributed by atoms with Crippen molar-refractivity contribution in [3.63, 3.8) is 0 Å².